The second-order valence-electron chi connectivity index (χ2n) is 27.7. The van der Waals surface area contributed by atoms with Crippen molar-refractivity contribution in [1.29, 1.82) is 0 Å². The number of fused-ring (bicyclic) bond motifs is 18. The number of rotatable bonds is 9. The zero-order chi connectivity index (χ0) is 66.8. The number of hydrogen-bond donors (Lipinski definition) is 0. The first-order valence-electron chi connectivity index (χ1n) is 35.3. The highest BCUT2D eigenvalue weighted by Gasteiger charge is 2.50. The van der Waals surface area contributed by atoms with E-state index in [2.05, 4.69) is 373 Å². The van der Waals surface area contributed by atoms with Crippen molar-refractivity contribution in [1.82, 2.24) is 9.13 Å². The second-order valence-corrected chi connectivity index (χ2v) is 35.1. The van der Waals surface area contributed by atoms with Crippen LogP contribution in [0.4, 0.5) is 0 Å². The van der Waals surface area contributed by atoms with E-state index in [1.807, 2.05) is 0 Å². The SMILES string of the molecule is c1ccc([Si]2(c3ccccc3)c3ccccc3-c3ccc(-n4c5ccc(-c6ccc7c(c6)c6cc(-c8cccc9c8oc8ccccc89)ccc6n7-c6ccc7c(c6)[Si](c6ccccc6)(c6ccccc6)c6ccccc6-7)cc5c5cc(-c6cccc7c6oc6ccccc67)ccc54)cc32)cc1. The van der Waals surface area contributed by atoms with Crippen LogP contribution in [-0.4, -0.2) is 25.3 Å². The predicted octanol–water partition coefficient (Wildman–Crippen LogP) is 19.4. The number of hydrogen-bond acceptors (Lipinski definition) is 2. The van der Waals surface area contributed by atoms with Gasteiger partial charge in [0.2, 0.25) is 0 Å². The third-order valence-electron chi connectivity index (χ3n) is 22.7. The summed E-state index contributed by atoms with van der Waals surface area (Å²) in [7, 11) is -5.68. The fourth-order valence-electron chi connectivity index (χ4n) is 18.4. The van der Waals surface area contributed by atoms with E-state index in [9.17, 15) is 0 Å². The highest BCUT2D eigenvalue weighted by Crippen LogP contribution is 2.45. The van der Waals surface area contributed by atoms with Crippen LogP contribution in [0.25, 0.3) is 154 Å². The van der Waals surface area contributed by atoms with Gasteiger partial charge in [0.05, 0.1) is 22.1 Å². The molecule has 0 unspecified atom stereocenters. The quantitative estimate of drug-likeness (QED) is 0.135. The summed E-state index contributed by atoms with van der Waals surface area (Å²) in [6.07, 6.45) is 0. The van der Waals surface area contributed by atoms with Crippen LogP contribution >= 0.6 is 0 Å². The Morgan fingerprint density at radius 2 is 0.500 bits per heavy atom. The molecule has 102 heavy (non-hydrogen) atoms. The maximum Gasteiger partial charge on any atom is 0.180 e. The van der Waals surface area contributed by atoms with Gasteiger partial charge in [-0.2, -0.15) is 0 Å². The Bertz CT molecular complexity index is 6390. The average molecular weight is 1330 g/mol. The molecule has 0 atom stereocenters. The summed E-state index contributed by atoms with van der Waals surface area (Å²) < 4.78 is 18.6. The molecule has 2 aliphatic heterocycles. The molecule has 6 heterocycles. The van der Waals surface area contributed by atoms with Crippen molar-refractivity contribution in [2.24, 2.45) is 0 Å². The lowest BCUT2D eigenvalue weighted by Crippen LogP contribution is -2.72. The minimum absolute atomic E-state index is 0.889. The first-order valence-corrected chi connectivity index (χ1v) is 39.3. The van der Waals surface area contributed by atoms with Gasteiger partial charge >= 0.3 is 0 Å². The van der Waals surface area contributed by atoms with E-state index in [-0.39, 0.29) is 0 Å². The molecule has 0 saturated carbocycles. The van der Waals surface area contributed by atoms with Crippen LogP contribution in [0, 0.1) is 0 Å². The molecule has 4 nitrogen and oxygen atoms in total. The van der Waals surface area contributed by atoms with E-state index in [0.29, 0.717) is 0 Å². The summed E-state index contributed by atoms with van der Waals surface area (Å²) in [5, 5.41) is 20.3. The molecule has 4 aromatic heterocycles. The van der Waals surface area contributed by atoms with Gasteiger partial charge in [-0.3, -0.25) is 0 Å². The molecule has 0 saturated heterocycles. The molecule has 0 spiro atoms. The molecule has 474 valence electrons. The average Bonchev–Trinajstić information content (AvgIpc) is 1.53. The van der Waals surface area contributed by atoms with Gasteiger partial charge in [-0.15, -0.1) is 0 Å². The van der Waals surface area contributed by atoms with Crippen molar-refractivity contribution >= 4 is 145 Å². The minimum atomic E-state index is -2.84. The molecule has 20 aromatic rings. The lowest BCUT2D eigenvalue weighted by Gasteiger charge is -2.31. The molecule has 16 aromatic carbocycles. The molecule has 0 amide bonds. The van der Waals surface area contributed by atoms with Crippen molar-refractivity contribution in [3.8, 4) is 67.0 Å². The van der Waals surface area contributed by atoms with E-state index in [1.165, 1.54) is 85.3 Å². The highest BCUT2D eigenvalue weighted by molar-refractivity contribution is 7.23. The van der Waals surface area contributed by atoms with Crippen LogP contribution in [0.1, 0.15) is 0 Å². The summed E-state index contributed by atoms with van der Waals surface area (Å²) in [6, 6.07) is 137. The Morgan fingerprint density at radius 3 is 0.892 bits per heavy atom. The first-order chi connectivity index (χ1) is 50.6. The molecule has 0 bridgehead atoms. The number of para-hydroxylation sites is 4. The van der Waals surface area contributed by atoms with Crippen molar-refractivity contribution in [3.63, 3.8) is 0 Å². The number of aromatic nitrogens is 2. The minimum Gasteiger partial charge on any atom is -0.455 e. The van der Waals surface area contributed by atoms with Crippen LogP contribution in [0.2, 0.25) is 0 Å². The third kappa shape index (κ3) is 7.96. The van der Waals surface area contributed by atoms with Crippen molar-refractivity contribution < 1.29 is 8.83 Å². The van der Waals surface area contributed by atoms with Crippen LogP contribution in [0.3, 0.4) is 0 Å². The van der Waals surface area contributed by atoms with E-state index in [4.69, 9.17) is 8.83 Å². The molecular formula is C96H60N2O2Si2. The van der Waals surface area contributed by atoms with E-state index in [1.54, 1.807) is 0 Å². The number of nitrogens with zero attached hydrogens (tertiary/aromatic N) is 2. The summed E-state index contributed by atoms with van der Waals surface area (Å²) in [6.45, 7) is 0. The summed E-state index contributed by atoms with van der Waals surface area (Å²) in [5.74, 6) is 0. The maximum atomic E-state index is 6.78. The fourth-order valence-corrected chi connectivity index (χ4v) is 28.8. The zero-order valence-electron chi connectivity index (χ0n) is 55.4. The van der Waals surface area contributed by atoms with Crippen LogP contribution in [0.15, 0.2) is 373 Å². The third-order valence-corrected chi connectivity index (χ3v) is 32.4. The molecular weight excluding hydrogens is 1270 g/mol. The molecule has 0 fully saturated rings. The van der Waals surface area contributed by atoms with Crippen LogP contribution in [-0.2, 0) is 0 Å². The van der Waals surface area contributed by atoms with Gasteiger partial charge in [-0.1, -0.05) is 279 Å². The molecule has 6 heteroatoms. The summed E-state index contributed by atoms with van der Waals surface area (Å²) >= 11 is 0. The first kappa shape index (κ1) is 57.1. The summed E-state index contributed by atoms with van der Waals surface area (Å²) in [4.78, 5) is 0. The van der Waals surface area contributed by atoms with Gasteiger partial charge in [-0.25, -0.2) is 0 Å². The van der Waals surface area contributed by atoms with Gasteiger partial charge in [-0.05, 0) is 171 Å². The number of furan rings is 2. The zero-order valence-corrected chi connectivity index (χ0v) is 57.4. The summed E-state index contributed by atoms with van der Waals surface area (Å²) in [5.41, 5.74) is 22.3. The monoisotopic (exact) mass is 1330 g/mol. The van der Waals surface area contributed by atoms with Crippen LogP contribution < -0.4 is 41.5 Å². The smallest absolute Gasteiger partial charge is 0.180 e. The van der Waals surface area contributed by atoms with Crippen molar-refractivity contribution in [2.45, 2.75) is 0 Å². The highest BCUT2D eigenvalue weighted by atomic mass is 28.3. The van der Waals surface area contributed by atoms with Gasteiger partial charge in [0.15, 0.2) is 16.1 Å². The van der Waals surface area contributed by atoms with Crippen molar-refractivity contribution in [3.05, 3.63) is 364 Å². The Labute approximate surface area is 590 Å². The van der Waals surface area contributed by atoms with E-state index < -0.39 is 16.1 Å². The Hall–Kier alpha value is -12.8. The normalized spacial score (nSPS) is 13.5. The molecule has 0 N–H and O–H groups in total. The van der Waals surface area contributed by atoms with Crippen molar-refractivity contribution in [2.75, 3.05) is 0 Å². The van der Waals surface area contributed by atoms with E-state index in [0.717, 1.165) is 111 Å². The number of benzene rings is 16. The molecule has 0 radical (unpaired) electrons. The Balaban J connectivity index is 0.775. The van der Waals surface area contributed by atoms with Gasteiger partial charge in [0, 0.05) is 65.6 Å². The molecule has 0 aliphatic carbocycles. The Morgan fingerprint density at radius 1 is 0.196 bits per heavy atom. The lowest BCUT2D eigenvalue weighted by molar-refractivity contribution is 0.669. The molecule has 22 rings (SSSR count). The largest absolute Gasteiger partial charge is 0.455 e. The molecule has 2 aliphatic rings. The fraction of sp³-hybridized carbons (Fsp3) is 0. The van der Waals surface area contributed by atoms with Gasteiger partial charge in [0.25, 0.3) is 0 Å². The van der Waals surface area contributed by atoms with E-state index >= 15 is 0 Å². The predicted molar refractivity (Wildman–Crippen MR) is 431 cm³/mol. The van der Waals surface area contributed by atoms with Gasteiger partial charge in [0.1, 0.15) is 22.3 Å². The lowest BCUT2D eigenvalue weighted by atomic mass is 9.97. The second kappa shape index (κ2) is 21.8. The Kier molecular flexibility index (Phi) is 12.2. The maximum absolute atomic E-state index is 6.78. The van der Waals surface area contributed by atoms with Crippen LogP contribution in [0.5, 0.6) is 0 Å². The van der Waals surface area contributed by atoms with Gasteiger partial charge < -0.3 is 18.0 Å². The standard InChI is InChI=1S/C96H60N2O2Si2/c1-5-23-67(24-6-1)101(68-25-7-2-8-26-68)91-41-19-15-33-75(91)77-49-47-65(59-93(77)101)97-85-51-43-61(55-81(85)83-57-63(45-53-87(83)97)71-35-21-37-79-73-31-13-17-39-89(73)99-95(71)79)62-44-52-86-82(56-62)84-58-64(72-36-22-38-80-74-32-14-18-40-90(74)100-96(72)80)46-54-88(84)98(86)66-48-50-78-76-34-16-20-42-92(76)102(94(78)60-66,69-27-9-3-10-28-69)70-29-11-4-12-30-70/h1-60H. The topological polar surface area (TPSA) is 36.1 Å².